The molecule has 0 aromatic heterocycles. The van der Waals surface area contributed by atoms with Gasteiger partial charge in [-0.25, -0.2) is 0 Å². The van der Waals surface area contributed by atoms with Crippen LogP contribution in [0.15, 0.2) is 5.16 Å². The summed E-state index contributed by atoms with van der Waals surface area (Å²) in [5.41, 5.74) is 5.49. The molecule has 0 spiro atoms. The third kappa shape index (κ3) is 5.49. The molecule has 3 N–H and O–H groups in total. The van der Waals surface area contributed by atoms with E-state index in [2.05, 4.69) is 19.0 Å². The number of nitrogens with zero attached hydrogens (tertiary/aromatic N) is 2. The Morgan fingerprint density at radius 3 is 2.53 bits per heavy atom. The van der Waals surface area contributed by atoms with Crippen LogP contribution in [-0.2, 0) is 4.79 Å². The van der Waals surface area contributed by atoms with Gasteiger partial charge in [-0.05, 0) is 18.8 Å². The first kappa shape index (κ1) is 15.8. The maximum Gasteiger partial charge on any atom is 0.225 e. The van der Waals surface area contributed by atoms with E-state index in [9.17, 15) is 4.79 Å². The lowest BCUT2D eigenvalue weighted by Gasteiger charge is -2.30. The molecule has 0 unspecified atom stereocenters. The Balaban J connectivity index is 2.58. The number of nitrogens with two attached hydrogens (primary N) is 1. The highest BCUT2D eigenvalue weighted by Gasteiger charge is 2.26. The second-order valence-electron chi connectivity index (χ2n) is 5.85. The molecular formula is C14H27N3O2. The van der Waals surface area contributed by atoms with Crippen LogP contribution in [0.4, 0.5) is 0 Å². The van der Waals surface area contributed by atoms with E-state index < -0.39 is 0 Å². The molecule has 1 amide bonds. The fraction of sp³-hybridized carbons (Fsp3) is 0.857. The van der Waals surface area contributed by atoms with Crippen molar-refractivity contribution >= 4 is 11.7 Å². The number of amides is 1. The van der Waals surface area contributed by atoms with Crippen molar-refractivity contribution in [1.82, 2.24) is 4.90 Å². The Bertz CT molecular complexity index is 310. The van der Waals surface area contributed by atoms with Crippen LogP contribution in [0.3, 0.4) is 0 Å². The Kier molecular flexibility index (Phi) is 6.67. The van der Waals surface area contributed by atoms with Crippen LogP contribution >= 0.6 is 0 Å². The van der Waals surface area contributed by atoms with Crippen LogP contribution in [0.2, 0.25) is 0 Å². The van der Waals surface area contributed by atoms with Crippen molar-refractivity contribution in [2.45, 2.75) is 52.4 Å². The molecule has 1 fully saturated rings. The van der Waals surface area contributed by atoms with E-state index in [-0.39, 0.29) is 17.7 Å². The SMILES string of the molecule is CC(C)CN(CCC(N)=NO)C(=O)C1CCCCC1. The predicted molar refractivity (Wildman–Crippen MR) is 76.0 cm³/mol. The van der Waals surface area contributed by atoms with Gasteiger partial charge >= 0.3 is 0 Å². The maximum absolute atomic E-state index is 12.5. The summed E-state index contributed by atoms with van der Waals surface area (Å²) in [6.07, 6.45) is 6.02. The maximum atomic E-state index is 12.5. The summed E-state index contributed by atoms with van der Waals surface area (Å²) in [5.74, 6) is 1.05. The molecule has 0 aromatic carbocycles. The lowest BCUT2D eigenvalue weighted by Crippen LogP contribution is -2.41. The van der Waals surface area contributed by atoms with Crippen molar-refractivity contribution in [1.29, 1.82) is 0 Å². The lowest BCUT2D eigenvalue weighted by atomic mass is 9.88. The average Bonchev–Trinajstić information content (AvgIpc) is 2.42. The van der Waals surface area contributed by atoms with Crippen molar-refractivity contribution in [3.05, 3.63) is 0 Å². The summed E-state index contributed by atoms with van der Waals surface area (Å²) in [7, 11) is 0. The predicted octanol–water partition coefficient (Wildman–Crippen LogP) is 2.19. The van der Waals surface area contributed by atoms with E-state index in [1.165, 1.54) is 6.42 Å². The molecular weight excluding hydrogens is 242 g/mol. The number of hydrogen-bond acceptors (Lipinski definition) is 3. The minimum absolute atomic E-state index is 0.180. The van der Waals surface area contributed by atoms with Crippen molar-refractivity contribution in [3.63, 3.8) is 0 Å². The molecule has 19 heavy (non-hydrogen) atoms. The molecule has 0 heterocycles. The second kappa shape index (κ2) is 8.02. The molecule has 5 heteroatoms. The zero-order chi connectivity index (χ0) is 14.3. The highest BCUT2D eigenvalue weighted by Crippen LogP contribution is 2.25. The van der Waals surface area contributed by atoms with E-state index in [0.717, 1.165) is 32.2 Å². The number of hydrogen-bond donors (Lipinski definition) is 2. The van der Waals surface area contributed by atoms with Crippen LogP contribution in [0.1, 0.15) is 52.4 Å². The van der Waals surface area contributed by atoms with Gasteiger partial charge < -0.3 is 15.8 Å². The first-order chi connectivity index (χ1) is 9.04. The molecule has 0 aromatic rings. The fourth-order valence-electron chi connectivity index (χ4n) is 2.64. The van der Waals surface area contributed by atoms with Gasteiger partial charge in [0.05, 0.1) is 0 Å². The molecule has 0 radical (unpaired) electrons. The molecule has 0 bridgehead atoms. The summed E-state index contributed by atoms with van der Waals surface area (Å²) in [4.78, 5) is 14.4. The van der Waals surface area contributed by atoms with Gasteiger partial charge in [-0.3, -0.25) is 4.79 Å². The second-order valence-corrected chi connectivity index (χ2v) is 5.85. The molecule has 1 aliphatic rings. The molecule has 0 atom stereocenters. The van der Waals surface area contributed by atoms with Gasteiger partial charge in [0.1, 0.15) is 5.84 Å². The first-order valence-corrected chi connectivity index (χ1v) is 7.29. The summed E-state index contributed by atoms with van der Waals surface area (Å²) in [5, 5.41) is 11.5. The molecule has 1 aliphatic carbocycles. The zero-order valence-electron chi connectivity index (χ0n) is 12.1. The summed E-state index contributed by atoms with van der Waals surface area (Å²) in [6.45, 7) is 5.49. The topological polar surface area (TPSA) is 78.9 Å². The quantitative estimate of drug-likeness (QED) is 0.336. The van der Waals surface area contributed by atoms with E-state index in [1.54, 1.807) is 0 Å². The molecule has 0 aliphatic heterocycles. The highest BCUT2D eigenvalue weighted by molar-refractivity contribution is 5.82. The van der Waals surface area contributed by atoms with E-state index in [0.29, 0.717) is 18.9 Å². The number of carbonyl (C=O) groups is 1. The van der Waals surface area contributed by atoms with E-state index >= 15 is 0 Å². The average molecular weight is 269 g/mol. The summed E-state index contributed by atoms with van der Waals surface area (Å²) in [6, 6.07) is 0. The van der Waals surface area contributed by atoms with Gasteiger partial charge in [-0.1, -0.05) is 38.3 Å². The summed E-state index contributed by atoms with van der Waals surface area (Å²) < 4.78 is 0. The van der Waals surface area contributed by atoms with Crippen molar-refractivity contribution in [2.24, 2.45) is 22.7 Å². The van der Waals surface area contributed by atoms with Crippen molar-refractivity contribution < 1.29 is 10.0 Å². The van der Waals surface area contributed by atoms with Gasteiger partial charge in [-0.2, -0.15) is 0 Å². The number of rotatable bonds is 6. The first-order valence-electron chi connectivity index (χ1n) is 7.29. The Labute approximate surface area is 115 Å². The van der Waals surface area contributed by atoms with Gasteiger partial charge in [-0.15, -0.1) is 0 Å². The number of carbonyl (C=O) groups excluding carboxylic acids is 1. The molecule has 1 rings (SSSR count). The van der Waals surface area contributed by atoms with Crippen LogP contribution in [0.25, 0.3) is 0 Å². The summed E-state index contributed by atoms with van der Waals surface area (Å²) >= 11 is 0. The van der Waals surface area contributed by atoms with Crippen LogP contribution in [-0.4, -0.2) is 34.9 Å². The fourth-order valence-corrected chi connectivity index (χ4v) is 2.64. The van der Waals surface area contributed by atoms with Gasteiger partial charge in [0.15, 0.2) is 0 Å². The standard InChI is InChI=1S/C14H27N3O2/c1-11(2)10-17(9-8-13(15)16-19)14(18)12-6-4-3-5-7-12/h11-12,19H,3-10H2,1-2H3,(H2,15,16). The van der Waals surface area contributed by atoms with Gasteiger partial charge in [0, 0.05) is 25.4 Å². The third-order valence-electron chi connectivity index (χ3n) is 3.62. The monoisotopic (exact) mass is 269 g/mol. The molecule has 1 saturated carbocycles. The normalized spacial score (nSPS) is 17.7. The van der Waals surface area contributed by atoms with E-state index in [1.807, 2.05) is 4.90 Å². The Hall–Kier alpha value is -1.26. The van der Waals surface area contributed by atoms with Crippen LogP contribution in [0.5, 0.6) is 0 Å². The number of amidine groups is 1. The van der Waals surface area contributed by atoms with Gasteiger partial charge in [0.2, 0.25) is 5.91 Å². The third-order valence-corrected chi connectivity index (χ3v) is 3.62. The molecule has 110 valence electrons. The van der Waals surface area contributed by atoms with Crippen molar-refractivity contribution in [2.75, 3.05) is 13.1 Å². The Morgan fingerprint density at radius 1 is 1.37 bits per heavy atom. The van der Waals surface area contributed by atoms with Crippen LogP contribution in [0, 0.1) is 11.8 Å². The minimum atomic E-state index is 0.180. The largest absolute Gasteiger partial charge is 0.409 e. The smallest absolute Gasteiger partial charge is 0.225 e. The van der Waals surface area contributed by atoms with Crippen LogP contribution < -0.4 is 5.73 Å². The highest BCUT2D eigenvalue weighted by atomic mass is 16.4. The minimum Gasteiger partial charge on any atom is -0.409 e. The molecule has 0 saturated heterocycles. The van der Waals surface area contributed by atoms with Gasteiger partial charge in [0.25, 0.3) is 0 Å². The van der Waals surface area contributed by atoms with Crippen molar-refractivity contribution in [3.8, 4) is 0 Å². The lowest BCUT2D eigenvalue weighted by molar-refractivity contribution is -0.137. The Morgan fingerprint density at radius 2 is 2.00 bits per heavy atom. The zero-order valence-corrected chi connectivity index (χ0v) is 12.1. The number of oxime groups is 1. The molecule has 5 nitrogen and oxygen atoms in total. The van der Waals surface area contributed by atoms with E-state index in [4.69, 9.17) is 10.9 Å².